The summed E-state index contributed by atoms with van der Waals surface area (Å²) in [7, 11) is 0. The molecule has 0 amide bonds. The van der Waals surface area contributed by atoms with Gasteiger partial charge in [0.1, 0.15) is 11.7 Å². The summed E-state index contributed by atoms with van der Waals surface area (Å²) < 4.78 is 5.28. The van der Waals surface area contributed by atoms with E-state index in [-0.39, 0.29) is 23.7 Å². The molecule has 0 spiro atoms. The van der Waals surface area contributed by atoms with Crippen molar-refractivity contribution in [1.82, 2.24) is 0 Å². The van der Waals surface area contributed by atoms with Gasteiger partial charge in [-0.15, -0.1) is 0 Å². The number of carbonyl (C=O) groups excluding carboxylic acids is 1. The van der Waals surface area contributed by atoms with Gasteiger partial charge >= 0.3 is 5.97 Å². The Bertz CT molecular complexity index is 551. The van der Waals surface area contributed by atoms with Crippen LogP contribution in [0.15, 0.2) is 18.2 Å². The molecule has 1 aliphatic heterocycles. The smallest absolute Gasteiger partial charge is 0.315 e. The fraction of sp³-hybridized carbons (Fsp3) is 0.611. The number of hydrogen-bond acceptors (Lipinski definition) is 4. The number of benzene rings is 1. The van der Waals surface area contributed by atoms with Gasteiger partial charge in [0.05, 0.1) is 6.61 Å². The van der Waals surface area contributed by atoms with Crippen LogP contribution in [0.25, 0.3) is 0 Å². The standard InChI is InChI=1S/C18H25NO3/c1-3-22-18(21)17-12(2)19(13-7-5-4-6-8-13)16-10-9-14(20)11-15(16)17/h9-13,17,20H,3-8H2,1-2H3. The van der Waals surface area contributed by atoms with Crippen LogP contribution in [0, 0.1) is 0 Å². The highest BCUT2D eigenvalue weighted by atomic mass is 16.5. The molecule has 22 heavy (non-hydrogen) atoms. The second-order valence-corrected chi connectivity index (χ2v) is 6.41. The Labute approximate surface area is 132 Å². The van der Waals surface area contributed by atoms with Gasteiger partial charge in [-0.3, -0.25) is 4.79 Å². The molecule has 1 N–H and O–H groups in total. The number of anilines is 1. The summed E-state index contributed by atoms with van der Waals surface area (Å²) in [5.74, 6) is -0.269. The van der Waals surface area contributed by atoms with Crippen LogP contribution < -0.4 is 4.90 Å². The monoisotopic (exact) mass is 303 g/mol. The molecule has 2 unspecified atom stereocenters. The Kier molecular flexibility index (Phi) is 4.27. The van der Waals surface area contributed by atoms with Crippen LogP contribution >= 0.6 is 0 Å². The molecule has 4 heteroatoms. The first kappa shape index (κ1) is 15.2. The molecule has 0 bridgehead atoms. The fourth-order valence-electron chi connectivity index (χ4n) is 4.11. The van der Waals surface area contributed by atoms with Crippen molar-refractivity contribution in [1.29, 1.82) is 0 Å². The normalized spacial score (nSPS) is 25.1. The van der Waals surface area contributed by atoms with E-state index in [1.54, 1.807) is 12.1 Å². The average molecular weight is 303 g/mol. The van der Waals surface area contributed by atoms with E-state index in [1.807, 2.05) is 13.0 Å². The lowest BCUT2D eigenvalue weighted by Crippen LogP contribution is -2.43. The molecule has 0 aromatic heterocycles. The van der Waals surface area contributed by atoms with E-state index in [9.17, 15) is 9.90 Å². The lowest BCUT2D eigenvalue weighted by molar-refractivity contribution is -0.145. The van der Waals surface area contributed by atoms with E-state index in [4.69, 9.17) is 4.74 Å². The van der Waals surface area contributed by atoms with Crippen molar-refractivity contribution in [3.8, 4) is 5.75 Å². The predicted octanol–water partition coefficient (Wildman–Crippen LogP) is 3.58. The molecule has 1 aliphatic carbocycles. The van der Waals surface area contributed by atoms with Crippen molar-refractivity contribution in [2.45, 2.75) is 64.0 Å². The highest BCUT2D eigenvalue weighted by molar-refractivity contribution is 5.86. The lowest BCUT2D eigenvalue weighted by atomic mass is 9.92. The van der Waals surface area contributed by atoms with Crippen molar-refractivity contribution in [2.24, 2.45) is 0 Å². The molecular weight excluding hydrogens is 278 g/mol. The summed E-state index contributed by atoms with van der Waals surface area (Å²) in [5.41, 5.74) is 2.01. The minimum atomic E-state index is -0.302. The zero-order valence-corrected chi connectivity index (χ0v) is 13.4. The van der Waals surface area contributed by atoms with E-state index < -0.39 is 0 Å². The van der Waals surface area contributed by atoms with E-state index >= 15 is 0 Å². The maximum absolute atomic E-state index is 12.4. The second kappa shape index (κ2) is 6.19. The Morgan fingerprint density at radius 3 is 2.73 bits per heavy atom. The van der Waals surface area contributed by atoms with Gasteiger partial charge in [-0.05, 0) is 50.5 Å². The zero-order valence-electron chi connectivity index (χ0n) is 13.4. The van der Waals surface area contributed by atoms with Crippen LogP contribution in [0.4, 0.5) is 5.69 Å². The van der Waals surface area contributed by atoms with Crippen LogP contribution in [0.1, 0.15) is 57.4 Å². The Balaban J connectivity index is 1.97. The van der Waals surface area contributed by atoms with Crippen molar-refractivity contribution >= 4 is 11.7 Å². The van der Waals surface area contributed by atoms with E-state index in [1.165, 1.54) is 32.1 Å². The quantitative estimate of drug-likeness (QED) is 0.867. The van der Waals surface area contributed by atoms with Crippen molar-refractivity contribution in [2.75, 3.05) is 11.5 Å². The Morgan fingerprint density at radius 2 is 2.05 bits per heavy atom. The summed E-state index contributed by atoms with van der Waals surface area (Å²) >= 11 is 0. The summed E-state index contributed by atoms with van der Waals surface area (Å²) in [4.78, 5) is 14.8. The van der Waals surface area contributed by atoms with E-state index in [0.29, 0.717) is 12.6 Å². The number of ether oxygens (including phenoxy) is 1. The highest BCUT2D eigenvalue weighted by Gasteiger charge is 2.43. The number of aromatic hydroxyl groups is 1. The second-order valence-electron chi connectivity index (χ2n) is 6.41. The third-order valence-electron chi connectivity index (χ3n) is 5.05. The summed E-state index contributed by atoms with van der Waals surface area (Å²) in [6.45, 7) is 4.33. The van der Waals surface area contributed by atoms with Gasteiger partial charge in [-0.25, -0.2) is 0 Å². The van der Waals surface area contributed by atoms with Gasteiger partial charge in [0.15, 0.2) is 0 Å². The SMILES string of the molecule is CCOC(=O)C1c2cc(O)ccc2N(C2CCCCC2)C1C. The zero-order chi connectivity index (χ0) is 15.7. The lowest BCUT2D eigenvalue weighted by Gasteiger charge is -2.37. The van der Waals surface area contributed by atoms with Crippen LogP contribution in [-0.4, -0.2) is 29.8 Å². The number of phenols is 1. The van der Waals surface area contributed by atoms with Gasteiger partial charge in [-0.2, -0.15) is 0 Å². The maximum atomic E-state index is 12.4. The average Bonchev–Trinajstić information content (AvgIpc) is 2.79. The minimum Gasteiger partial charge on any atom is -0.508 e. The topological polar surface area (TPSA) is 49.8 Å². The van der Waals surface area contributed by atoms with Crippen LogP contribution in [0.5, 0.6) is 5.75 Å². The number of esters is 1. The first-order valence-corrected chi connectivity index (χ1v) is 8.41. The van der Waals surface area contributed by atoms with E-state index in [2.05, 4.69) is 11.8 Å². The maximum Gasteiger partial charge on any atom is 0.315 e. The molecule has 3 rings (SSSR count). The van der Waals surface area contributed by atoms with Gasteiger partial charge in [0, 0.05) is 17.8 Å². The third kappa shape index (κ3) is 2.55. The number of phenolic OH excluding ortho intramolecular Hbond substituents is 1. The first-order valence-electron chi connectivity index (χ1n) is 8.41. The third-order valence-corrected chi connectivity index (χ3v) is 5.05. The number of carbonyl (C=O) groups is 1. The van der Waals surface area contributed by atoms with Gasteiger partial charge in [-0.1, -0.05) is 19.3 Å². The molecule has 0 radical (unpaired) electrons. The molecule has 120 valence electrons. The first-order chi connectivity index (χ1) is 10.6. The molecule has 2 aliphatic rings. The minimum absolute atomic E-state index is 0.0824. The molecule has 0 saturated heterocycles. The Morgan fingerprint density at radius 1 is 1.32 bits per heavy atom. The summed E-state index contributed by atoms with van der Waals surface area (Å²) in [5, 5.41) is 9.84. The molecule has 4 nitrogen and oxygen atoms in total. The fourth-order valence-corrected chi connectivity index (χ4v) is 4.11. The van der Waals surface area contributed by atoms with Crippen LogP contribution in [0.3, 0.4) is 0 Å². The molecule has 1 fully saturated rings. The van der Waals surface area contributed by atoms with Crippen molar-refractivity contribution < 1.29 is 14.6 Å². The van der Waals surface area contributed by atoms with Crippen molar-refractivity contribution in [3.63, 3.8) is 0 Å². The van der Waals surface area contributed by atoms with Crippen molar-refractivity contribution in [3.05, 3.63) is 23.8 Å². The number of fused-ring (bicyclic) bond motifs is 1. The molecule has 1 aromatic carbocycles. The predicted molar refractivity (Wildman–Crippen MR) is 86.3 cm³/mol. The highest BCUT2D eigenvalue weighted by Crippen LogP contribution is 2.46. The molecule has 2 atom stereocenters. The van der Waals surface area contributed by atoms with Crippen LogP contribution in [0.2, 0.25) is 0 Å². The molecular formula is C18H25NO3. The number of hydrogen-bond donors (Lipinski definition) is 1. The molecule has 1 heterocycles. The number of nitrogens with zero attached hydrogens (tertiary/aromatic N) is 1. The van der Waals surface area contributed by atoms with Gasteiger partial charge in [0.25, 0.3) is 0 Å². The molecule has 1 aromatic rings. The summed E-state index contributed by atoms with van der Waals surface area (Å²) in [6.07, 6.45) is 6.18. The largest absolute Gasteiger partial charge is 0.508 e. The Hall–Kier alpha value is -1.71. The van der Waals surface area contributed by atoms with E-state index in [0.717, 1.165) is 11.3 Å². The summed E-state index contributed by atoms with van der Waals surface area (Å²) in [6, 6.07) is 5.98. The van der Waals surface area contributed by atoms with Gasteiger partial charge in [0.2, 0.25) is 0 Å². The van der Waals surface area contributed by atoms with Crippen LogP contribution in [-0.2, 0) is 9.53 Å². The molecule has 1 saturated carbocycles. The van der Waals surface area contributed by atoms with Gasteiger partial charge < -0.3 is 14.7 Å². The number of rotatable bonds is 3.